The molecule has 0 amide bonds. The number of aromatic nitrogens is 2. The summed E-state index contributed by atoms with van der Waals surface area (Å²) in [6, 6.07) is 17.0. The maximum absolute atomic E-state index is 13.4. The SMILES string of the molecule is Fc1ccc(-c2cn([C@H]3CN4CCC3CC4)nc2OCc2ccccc2)cc1. The molecule has 3 saturated heterocycles. The summed E-state index contributed by atoms with van der Waals surface area (Å²) in [6.45, 7) is 3.91. The number of piperidine rings is 3. The quantitative estimate of drug-likeness (QED) is 0.654. The molecule has 1 aromatic heterocycles. The van der Waals surface area contributed by atoms with Gasteiger partial charge in [0.25, 0.3) is 0 Å². The van der Waals surface area contributed by atoms with E-state index in [4.69, 9.17) is 9.84 Å². The lowest BCUT2D eigenvalue weighted by molar-refractivity contribution is 0.0505. The zero-order valence-electron chi connectivity index (χ0n) is 15.8. The van der Waals surface area contributed by atoms with Crippen LogP contribution in [0.2, 0.25) is 0 Å². The number of rotatable bonds is 5. The molecule has 0 spiro atoms. The van der Waals surface area contributed by atoms with Crippen LogP contribution in [-0.2, 0) is 6.61 Å². The molecule has 3 aliphatic rings. The first kappa shape index (κ1) is 17.4. The third-order valence-electron chi connectivity index (χ3n) is 6.03. The van der Waals surface area contributed by atoms with Gasteiger partial charge in [0.1, 0.15) is 12.4 Å². The zero-order valence-corrected chi connectivity index (χ0v) is 15.8. The molecule has 3 aliphatic heterocycles. The second kappa shape index (κ2) is 7.40. The highest BCUT2D eigenvalue weighted by Crippen LogP contribution is 2.38. The summed E-state index contributed by atoms with van der Waals surface area (Å²) in [4.78, 5) is 2.52. The van der Waals surface area contributed by atoms with E-state index in [0.717, 1.165) is 23.2 Å². The number of hydrogen-bond acceptors (Lipinski definition) is 3. The van der Waals surface area contributed by atoms with Crippen molar-refractivity contribution >= 4 is 0 Å². The highest BCUT2D eigenvalue weighted by atomic mass is 19.1. The van der Waals surface area contributed by atoms with Gasteiger partial charge in [0.2, 0.25) is 5.88 Å². The van der Waals surface area contributed by atoms with Gasteiger partial charge in [0.15, 0.2) is 0 Å². The van der Waals surface area contributed by atoms with E-state index in [9.17, 15) is 4.39 Å². The number of nitrogens with zero attached hydrogens (tertiary/aromatic N) is 3. The second-order valence-electron chi connectivity index (χ2n) is 7.81. The van der Waals surface area contributed by atoms with E-state index in [2.05, 4.69) is 15.8 Å². The largest absolute Gasteiger partial charge is 0.471 e. The van der Waals surface area contributed by atoms with Crippen LogP contribution in [0.4, 0.5) is 4.39 Å². The monoisotopic (exact) mass is 377 g/mol. The predicted molar refractivity (Wildman–Crippen MR) is 107 cm³/mol. The van der Waals surface area contributed by atoms with Gasteiger partial charge >= 0.3 is 0 Å². The molecule has 3 aromatic rings. The lowest BCUT2D eigenvalue weighted by Gasteiger charge is -2.44. The topological polar surface area (TPSA) is 30.3 Å². The molecule has 1 atom stereocenters. The number of hydrogen-bond donors (Lipinski definition) is 0. The van der Waals surface area contributed by atoms with Crippen molar-refractivity contribution in [2.24, 2.45) is 5.92 Å². The van der Waals surface area contributed by atoms with Gasteiger partial charge in [0.05, 0.1) is 11.6 Å². The van der Waals surface area contributed by atoms with E-state index in [1.54, 1.807) is 12.1 Å². The van der Waals surface area contributed by atoms with Crippen molar-refractivity contribution in [3.05, 3.63) is 72.2 Å². The smallest absolute Gasteiger partial charge is 0.241 e. The molecule has 2 aromatic carbocycles. The summed E-state index contributed by atoms with van der Waals surface area (Å²) in [5.41, 5.74) is 2.95. The fraction of sp³-hybridized carbons (Fsp3) is 0.348. The Morgan fingerprint density at radius 2 is 1.75 bits per heavy atom. The molecule has 28 heavy (non-hydrogen) atoms. The Labute approximate surface area is 164 Å². The van der Waals surface area contributed by atoms with Crippen molar-refractivity contribution in [2.45, 2.75) is 25.5 Å². The molecular formula is C23H24FN3O. The molecule has 0 aliphatic carbocycles. The van der Waals surface area contributed by atoms with Crippen molar-refractivity contribution < 1.29 is 9.13 Å². The van der Waals surface area contributed by atoms with Gasteiger partial charge in [-0.2, -0.15) is 0 Å². The summed E-state index contributed by atoms with van der Waals surface area (Å²) < 4.78 is 21.6. The third-order valence-corrected chi connectivity index (χ3v) is 6.03. The molecule has 6 rings (SSSR count). The predicted octanol–water partition coefficient (Wildman–Crippen LogP) is 4.53. The van der Waals surface area contributed by atoms with Gasteiger partial charge in [-0.3, -0.25) is 4.68 Å². The van der Waals surface area contributed by atoms with Gasteiger partial charge in [-0.25, -0.2) is 4.39 Å². The molecule has 144 valence electrons. The van der Waals surface area contributed by atoms with Crippen molar-refractivity contribution in [1.82, 2.24) is 14.7 Å². The molecule has 0 N–H and O–H groups in total. The Morgan fingerprint density at radius 3 is 2.43 bits per heavy atom. The van der Waals surface area contributed by atoms with Gasteiger partial charge < -0.3 is 9.64 Å². The number of halogens is 1. The Hall–Kier alpha value is -2.66. The van der Waals surface area contributed by atoms with Gasteiger partial charge in [0, 0.05) is 12.7 Å². The fourth-order valence-electron chi connectivity index (χ4n) is 4.44. The summed E-state index contributed by atoms with van der Waals surface area (Å²) >= 11 is 0. The minimum absolute atomic E-state index is 0.236. The molecule has 4 nitrogen and oxygen atoms in total. The van der Waals surface area contributed by atoms with Gasteiger partial charge in [-0.15, -0.1) is 5.10 Å². The lowest BCUT2D eigenvalue weighted by atomic mass is 9.84. The van der Waals surface area contributed by atoms with Crippen molar-refractivity contribution in [3.63, 3.8) is 0 Å². The third kappa shape index (κ3) is 3.42. The summed E-state index contributed by atoms with van der Waals surface area (Å²) in [6.07, 6.45) is 4.55. The Bertz CT molecular complexity index is 930. The maximum atomic E-state index is 13.4. The first-order valence-corrected chi connectivity index (χ1v) is 10.0. The van der Waals surface area contributed by atoms with Crippen LogP contribution in [-0.4, -0.2) is 34.3 Å². The Kier molecular flexibility index (Phi) is 4.61. The van der Waals surface area contributed by atoms with Crippen molar-refractivity contribution in [3.8, 4) is 17.0 Å². The highest BCUT2D eigenvalue weighted by molar-refractivity contribution is 5.68. The minimum Gasteiger partial charge on any atom is -0.471 e. The lowest BCUT2D eigenvalue weighted by Crippen LogP contribution is -2.48. The summed E-state index contributed by atoms with van der Waals surface area (Å²) in [5.74, 6) is 1.06. The van der Waals surface area contributed by atoms with E-state index in [1.807, 2.05) is 30.3 Å². The average molecular weight is 377 g/mol. The molecule has 0 saturated carbocycles. The molecule has 3 fully saturated rings. The Morgan fingerprint density at radius 1 is 1.00 bits per heavy atom. The van der Waals surface area contributed by atoms with E-state index in [-0.39, 0.29) is 5.82 Å². The molecular weight excluding hydrogens is 353 g/mol. The number of ether oxygens (including phenoxy) is 1. The zero-order chi connectivity index (χ0) is 18.9. The molecule has 5 heteroatoms. The Balaban J connectivity index is 1.46. The van der Waals surface area contributed by atoms with E-state index in [0.29, 0.717) is 24.4 Å². The van der Waals surface area contributed by atoms with E-state index >= 15 is 0 Å². The van der Waals surface area contributed by atoms with Crippen LogP contribution in [0.1, 0.15) is 24.4 Å². The van der Waals surface area contributed by atoms with Crippen LogP contribution in [0.25, 0.3) is 11.1 Å². The van der Waals surface area contributed by atoms with Crippen molar-refractivity contribution in [1.29, 1.82) is 0 Å². The van der Waals surface area contributed by atoms with Gasteiger partial charge in [-0.05, 0) is 55.1 Å². The fourth-order valence-corrected chi connectivity index (χ4v) is 4.44. The number of fused-ring (bicyclic) bond motifs is 3. The molecule has 0 unspecified atom stereocenters. The van der Waals surface area contributed by atoms with Crippen molar-refractivity contribution in [2.75, 3.05) is 19.6 Å². The average Bonchev–Trinajstić information content (AvgIpc) is 3.18. The van der Waals surface area contributed by atoms with Crippen LogP contribution in [0, 0.1) is 11.7 Å². The summed E-state index contributed by atoms with van der Waals surface area (Å²) in [5, 5.41) is 4.84. The molecule has 0 radical (unpaired) electrons. The minimum atomic E-state index is -0.236. The second-order valence-corrected chi connectivity index (χ2v) is 7.81. The number of benzene rings is 2. The highest BCUT2D eigenvalue weighted by Gasteiger charge is 2.36. The van der Waals surface area contributed by atoms with Crippen LogP contribution >= 0.6 is 0 Å². The normalized spacial score (nSPS) is 23.7. The summed E-state index contributed by atoms with van der Waals surface area (Å²) in [7, 11) is 0. The van der Waals surface area contributed by atoms with Crippen LogP contribution < -0.4 is 4.74 Å². The molecule has 2 bridgehead atoms. The maximum Gasteiger partial charge on any atom is 0.241 e. The van der Waals surface area contributed by atoms with Crippen LogP contribution in [0.5, 0.6) is 5.88 Å². The van der Waals surface area contributed by atoms with E-state index < -0.39 is 0 Å². The van der Waals surface area contributed by atoms with Gasteiger partial charge in [-0.1, -0.05) is 42.5 Å². The standard InChI is InChI=1S/C23H24FN3O/c24-20-8-6-18(7-9-20)21-14-27(22-15-26-12-10-19(22)11-13-26)25-23(21)28-16-17-4-2-1-3-5-17/h1-9,14,19,22H,10-13,15-16H2/t22-/m0/s1. The first-order valence-electron chi connectivity index (χ1n) is 10.0. The van der Waals surface area contributed by atoms with Crippen LogP contribution in [0.3, 0.4) is 0 Å². The first-order chi connectivity index (χ1) is 13.8. The van der Waals surface area contributed by atoms with Crippen LogP contribution in [0.15, 0.2) is 60.8 Å². The van der Waals surface area contributed by atoms with E-state index in [1.165, 1.54) is 38.1 Å². The molecule has 4 heterocycles.